The van der Waals surface area contributed by atoms with Crippen LogP contribution in [-0.4, -0.2) is 14.5 Å². The van der Waals surface area contributed by atoms with E-state index in [1.807, 2.05) is 12.1 Å². The molecular formula is C22H15ClSe. The zero-order valence-electron chi connectivity index (χ0n) is 12.9. The van der Waals surface area contributed by atoms with Crippen molar-refractivity contribution in [2.24, 2.45) is 0 Å². The van der Waals surface area contributed by atoms with Gasteiger partial charge in [0.25, 0.3) is 0 Å². The summed E-state index contributed by atoms with van der Waals surface area (Å²) in [6.45, 7) is 0. The van der Waals surface area contributed by atoms with Crippen LogP contribution in [0.4, 0.5) is 0 Å². The van der Waals surface area contributed by atoms with Crippen molar-refractivity contribution in [3.63, 3.8) is 0 Å². The van der Waals surface area contributed by atoms with Crippen LogP contribution in [0.1, 0.15) is 0 Å². The number of hydrogen-bond donors (Lipinski definition) is 0. The Bertz CT molecular complexity index is 938. The van der Waals surface area contributed by atoms with Crippen LogP contribution >= 0.6 is 11.6 Å². The fourth-order valence-electron chi connectivity index (χ4n) is 2.78. The standard InChI is InChI=1S/C22H15ClSe/c23-19-13-11-16(12-14-19)20-15-21(17-7-3-1-4-8-17)24-22(20)18-9-5-2-6-10-18/h1-15H. The molecule has 24 heavy (non-hydrogen) atoms. The normalized spacial score (nSPS) is 10.7. The monoisotopic (exact) mass is 394 g/mol. The van der Waals surface area contributed by atoms with Gasteiger partial charge in [-0.3, -0.25) is 0 Å². The van der Waals surface area contributed by atoms with Crippen LogP contribution in [0.3, 0.4) is 0 Å². The molecule has 3 aromatic carbocycles. The SMILES string of the molecule is Clc1ccc(-c2cc(-c3ccccc3)[se]c2-c2ccccc2)cc1. The first-order valence-electron chi connectivity index (χ1n) is 7.82. The minimum atomic E-state index is 0.289. The second kappa shape index (κ2) is 6.83. The van der Waals surface area contributed by atoms with Crippen LogP contribution in [0.15, 0.2) is 91.0 Å². The summed E-state index contributed by atoms with van der Waals surface area (Å²) < 4.78 is 2.86. The quantitative estimate of drug-likeness (QED) is 0.353. The van der Waals surface area contributed by atoms with Gasteiger partial charge in [-0.05, 0) is 0 Å². The van der Waals surface area contributed by atoms with Crippen molar-refractivity contribution >= 4 is 26.1 Å². The Labute approximate surface area is 153 Å². The van der Waals surface area contributed by atoms with Crippen LogP contribution in [-0.2, 0) is 0 Å². The molecule has 1 heterocycles. The molecule has 116 valence electrons. The molecule has 2 heteroatoms. The van der Waals surface area contributed by atoms with Crippen molar-refractivity contribution < 1.29 is 0 Å². The molecule has 0 spiro atoms. The first-order chi connectivity index (χ1) is 11.8. The maximum absolute atomic E-state index is 6.07. The van der Waals surface area contributed by atoms with E-state index >= 15 is 0 Å². The molecule has 0 fully saturated rings. The summed E-state index contributed by atoms with van der Waals surface area (Å²) in [5, 5.41) is 0.774. The summed E-state index contributed by atoms with van der Waals surface area (Å²) >= 11 is 6.36. The van der Waals surface area contributed by atoms with E-state index in [4.69, 9.17) is 11.6 Å². The van der Waals surface area contributed by atoms with E-state index in [0.717, 1.165) is 5.02 Å². The summed E-state index contributed by atoms with van der Waals surface area (Å²) in [6, 6.07) is 31.9. The molecule has 0 nitrogen and oxygen atoms in total. The molecule has 0 atom stereocenters. The Hall–Kier alpha value is -2.05. The molecule has 0 unspecified atom stereocenters. The molecule has 0 N–H and O–H groups in total. The zero-order chi connectivity index (χ0) is 16.4. The van der Waals surface area contributed by atoms with Crippen molar-refractivity contribution in [1.82, 2.24) is 0 Å². The first-order valence-corrected chi connectivity index (χ1v) is 9.91. The van der Waals surface area contributed by atoms with Crippen molar-refractivity contribution in [3.05, 3.63) is 96.0 Å². The number of rotatable bonds is 3. The summed E-state index contributed by atoms with van der Waals surface area (Å²) in [5.74, 6) is 0. The predicted octanol–water partition coefficient (Wildman–Crippen LogP) is 6.40. The third-order valence-corrected chi connectivity index (χ3v) is 6.82. The second-order valence-electron chi connectivity index (χ2n) is 5.59. The molecule has 0 saturated heterocycles. The molecule has 0 aliphatic heterocycles. The van der Waals surface area contributed by atoms with E-state index in [1.54, 1.807) is 0 Å². The zero-order valence-corrected chi connectivity index (χ0v) is 15.4. The van der Waals surface area contributed by atoms with E-state index < -0.39 is 0 Å². The van der Waals surface area contributed by atoms with Crippen LogP contribution in [0.5, 0.6) is 0 Å². The van der Waals surface area contributed by atoms with E-state index in [9.17, 15) is 0 Å². The summed E-state index contributed by atoms with van der Waals surface area (Å²) in [5.41, 5.74) is 5.17. The van der Waals surface area contributed by atoms with Gasteiger partial charge in [-0.15, -0.1) is 0 Å². The predicted molar refractivity (Wildman–Crippen MR) is 105 cm³/mol. The van der Waals surface area contributed by atoms with Crippen molar-refractivity contribution in [2.75, 3.05) is 0 Å². The average molecular weight is 394 g/mol. The van der Waals surface area contributed by atoms with Gasteiger partial charge < -0.3 is 0 Å². The fraction of sp³-hybridized carbons (Fsp3) is 0. The van der Waals surface area contributed by atoms with Crippen LogP contribution < -0.4 is 0 Å². The summed E-state index contributed by atoms with van der Waals surface area (Å²) in [6.07, 6.45) is 0. The molecule has 0 radical (unpaired) electrons. The third kappa shape index (κ3) is 3.12. The van der Waals surface area contributed by atoms with Gasteiger partial charge in [0.1, 0.15) is 0 Å². The van der Waals surface area contributed by atoms with Crippen molar-refractivity contribution in [3.8, 4) is 31.1 Å². The molecule has 0 amide bonds. The second-order valence-corrected chi connectivity index (χ2v) is 8.24. The Morgan fingerprint density at radius 1 is 0.583 bits per heavy atom. The summed E-state index contributed by atoms with van der Waals surface area (Å²) in [7, 11) is 0. The number of benzene rings is 3. The molecule has 0 aliphatic carbocycles. The first kappa shape index (κ1) is 15.5. The van der Waals surface area contributed by atoms with Gasteiger partial charge in [0.05, 0.1) is 0 Å². The Morgan fingerprint density at radius 3 is 1.79 bits per heavy atom. The van der Waals surface area contributed by atoms with E-state index in [0.29, 0.717) is 0 Å². The van der Waals surface area contributed by atoms with Gasteiger partial charge in [0.15, 0.2) is 0 Å². The molecule has 0 saturated carbocycles. The third-order valence-electron chi connectivity index (χ3n) is 3.98. The van der Waals surface area contributed by atoms with E-state index in [2.05, 4.69) is 78.9 Å². The molecule has 0 aliphatic rings. The van der Waals surface area contributed by atoms with Gasteiger partial charge in [-0.25, -0.2) is 0 Å². The average Bonchev–Trinajstić information content (AvgIpc) is 3.09. The van der Waals surface area contributed by atoms with Crippen molar-refractivity contribution in [2.45, 2.75) is 0 Å². The van der Waals surface area contributed by atoms with Gasteiger partial charge in [-0.2, -0.15) is 0 Å². The Morgan fingerprint density at radius 2 is 1.17 bits per heavy atom. The van der Waals surface area contributed by atoms with Crippen LogP contribution in [0.25, 0.3) is 31.1 Å². The Balaban J connectivity index is 1.90. The minimum absolute atomic E-state index is 0.289. The van der Waals surface area contributed by atoms with Crippen LogP contribution in [0, 0.1) is 0 Å². The van der Waals surface area contributed by atoms with Gasteiger partial charge in [0.2, 0.25) is 0 Å². The van der Waals surface area contributed by atoms with Gasteiger partial charge in [-0.1, -0.05) is 0 Å². The Kier molecular flexibility index (Phi) is 4.40. The molecule has 1 aromatic heterocycles. The molecular weight excluding hydrogens is 379 g/mol. The number of halogens is 1. The fourth-order valence-corrected chi connectivity index (χ4v) is 5.41. The van der Waals surface area contributed by atoms with Crippen molar-refractivity contribution in [1.29, 1.82) is 0 Å². The molecule has 0 bridgehead atoms. The summed E-state index contributed by atoms with van der Waals surface area (Å²) in [4.78, 5) is 0. The van der Waals surface area contributed by atoms with Gasteiger partial charge in [0, 0.05) is 0 Å². The molecule has 4 rings (SSSR count). The van der Waals surface area contributed by atoms with Gasteiger partial charge >= 0.3 is 153 Å². The van der Waals surface area contributed by atoms with Crippen LogP contribution in [0.2, 0.25) is 5.02 Å². The number of hydrogen-bond acceptors (Lipinski definition) is 0. The maximum atomic E-state index is 6.07. The molecule has 4 aromatic rings. The topological polar surface area (TPSA) is 0 Å². The van der Waals surface area contributed by atoms with E-state index in [-0.39, 0.29) is 14.5 Å². The van der Waals surface area contributed by atoms with E-state index in [1.165, 1.54) is 31.1 Å².